The maximum absolute atomic E-state index is 6.18. The van der Waals surface area contributed by atoms with Gasteiger partial charge in [-0.15, -0.1) is 0 Å². The summed E-state index contributed by atoms with van der Waals surface area (Å²) in [5, 5.41) is 4.06. The van der Waals surface area contributed by atoms with E-state index in [1.807, 2.05) is 0 Å². The van der Waals surface area contributed by atoms with E-state index in [0.29, 0.717) is 0 Å². The van der Waals surface area contributed by atoms with Gasteiger partial charge in [0.05, 0.1) is 5.54 Å². The van der Waals surface area contributed by atoms with Crippen LogP contribution in [0.4, 0.5) is 0 Å². The Labute approximate surface area is 102 Å². The van der Waals surface area contributed by atoms with E-state index in [0.717, 1.165) is 42.8 Å². The van der Waals surface area contributed by atoms with Crippen molar-refractivity contribution in [3.8, 4) is 0 Å². The molecule has 4 nitrogen and oxygen atoms in total. The first kappa shape index (κ1) is 11.2. The average Bonchev–Trinajstić information content (AvgIpc) is 2.85. The van der Waals surface area contributed by atoms with Crippen LogP contribution in [0.5, 0.6) is 0 Å². The molecule has 94 valence electrons. The fourth-order valence-corrected chi connectivity index (χ4v) is 3.08. The predicted molar refractivity (Wildman–Crippen MR) is 64.2 cm³/mol. The van der Waals surface area contributed by atoms with E-state index in [1.54, 1.807) is 0 Å². The molecule has 0 spiro atoms. The van der Waals surface area contributed by atoms with Crippen molar-refractivity contribution >= 4 is 0 Å². The highest BCUT2D eigenvalue weighted by Gasteiger charge is 2.39. The van der Waals surface area contributed by atoms with E-state index in [9.17, 15) is 0 Å². The first-order valence-corrected chi connectivity index (χ1v) is 6.78. The highest BCUT2D eigenvalue weighted by atomic mass is 16.5. The Morgan fingerprint density at radius 3 is 2.82 bits per heavy atom. The van der Waals surface area contributed by atoms with E-state index >= 15 is 0 Å². The molecule has 2 N–H and O–H groups in total. The third kappa shape index (κ3) is 2.10. The topological polar surface area (TPSA) is 64.9 Å². The van der Waals surface area contributed by atoms with Crippen LogP contribution in [0.1, 0.15) is 57.2 Å². The lowest BCUT2D eigenvalue weighted by atomic mass is 9.77. The van der Waals surface area contributed by atoms with Gasteiger partial charge >= 0.3 is 0 Å². The average molecular weight is 235 g/mol. The van der Waals surface area contributed by atoms with Crippen molar-refractivity contribution in [1.82, 2.24) is 10.1 Å². The largest absolute Gasteiger partial charge is 0.339 e. The second-order valence-corrected chi connectivity index (χ2v) is 6.01. The monoisotopic (exact) mass is 235 g/mol. The third-order valence-electron chi connectivity index (χ3n) is 4.43. The second-order valence-electron chi connectivity index (χ2n) is 6.01. The van der Waals surface area contributed by atoms with Gasteiger partial charge in [-0.25, -0.2) is 0 Å². The maximum atomic E-state index is 6.18. The molecule has 1 heterocycles. The Morgan fingerprint density at radius 2 is 2.24 bits per heavy atom. The summed E-state index contributed by atoms with van der Waals surface area (Å²) >= 11 is 0. The molecular weight excluding hydrogens is 214 g/mol. The summed E-state index contributed by atoms with van der Waals surface area (Å²) in [5.74, 6) is 3.10. The molecule has 2 unspecified atom stereocenters. The molecule has 4 heteroatoms. The van der Waals surface area contributed by atoms with Crippen LogP contribution in [0.3, 0.4) is 0 Å². The quantitative estimate of drug-likeness (QED) is 0.873. The van der Waals surface area contributed by atoms with E-state index in [2.05, 4.69) is 17.1 Å². The van der Waals surface area contributed by atoms with Gasteiger partial charge in [-0.1, -0.05) is 18.5 Å². The number of nitrogens with two attached hydrogens (primary N) is 1. The summed E-state index contributed by atoms with van der Waals surface area (Å²) in [7, 11) is 0. The lowest BCUT2D eigenvalue weighted by Gasteiger charge is -2.34. The number of aromatic nitrogens is 2. The Kier molecular flexibility index (Phi) is 2.69. The van der Waals surface area contributed by atoms with E-state index < -0.39 is 0 Å². The molecule has 1 aromatic heterocycles. The van der Waals surface area contributed by atoms with Crippen molar-refractivity contribution in [2.75, 3.05) is 0 Å². The highest BCUT2D eigenvalue weighted by molar-refractivity contribution is 5.08. The predicted octanol–water partition coefficient (Wildman–Crippen LogP) is 2.39. The van der Waals surface area contributed by atoms with Crippen molar-refractivity contribution in [2.45, 2.75) is 57.4 Å². The number of rotatable bonds is 3. The first-order valence-electron chi connectivity index (χ1n) is 6.78. The summed E-state index contributed by atoms with van der Waals surface area (Å²) in [5.41, 5.74) is 5.90. The van der Waals surface area contributed by atoms with Crippen molar-refractivity contribution < 1.29 is 4.52 Å². The zero-order valence-corrected chi connectivity index (χ0v) is 10.5. The van der Waals surface area contributed by atoms with Crippen LogP contribution >= 0.6 is 0 Å². The van der Waals surface area contributed by atoms with Crippen molar-refractivity contribution in [3.63, 3.8) is 0 Å². The highest BCUT2D eigenvalue weighted by Crippen LogP contribution is 2.37. The van der Waals surface area contributed by atoms with Gasteiger partial charge in [-0.2, -0.15) is 4.98 Å². The molecule has 0 aliphatic heterocycles. The van der Waals surface area contributed by atoms with Gasteiger partial charge in [-0.05, 0) is 43.9 Å². The minimum absolute atomic E-state index is 0.287. The Bertz CT molecular complexity index is 397. The summed E-state index contributed by atoms with van der Waals surface area (Å²) in [6.45, 7) is 2.32. The van der Waals surface area contributed by atoms with E-state index in [4.69, 9.17) is 10.3 Å². The Balaban J connectivity index is 1.64. The summed E-state index contributed by atoms with van der Waals surface area (Å²) in [6.07, 6.45) is 8.04. The second kappa shape index (κ2) is 4.09. The van der Waals surface area contributed by atoms with Crippen molar-refractivity contribution in [1.29, 1.82) is 0 Å². The smallest absolute Gasteiger partial charge is 0.226 e. The molecule has 0 saturated heterocycles. The zero-order chi connectivity index (χ0) is 11.9. The summed E-state index contributed by atoms with van der Waals surface area (Å²) < 4.78 is 5.34. The molecule has 17 heavy (non-hydrogen) atoms. The molecule has 2 saturated carbocycles. The number of hydrogen-bond acceptors (Lipinski definition) is 4. The standard InChI is InChI=1S/C13H21N3O/c1-9-3-4-10(7-9)8-11-15-12(16-17-11)13(14)5-2-6-13/h9-10H,2-8,14H2,1H3. The van der Waals surface area contributed by atoms with Crippen LogP contribution in [0.15, 0.2) is 4.52 Å². The molecule has 0 bridgehead atoms. The number of nitrogens with zero attached hydrogens (tertiary/aromatic N) is 2. The summed E-state index contributed by atoms with van der Waals surface area (Å²) in [4.78, 5) is 4.49. The lowest BCUT2D eigenvalue weighted by Crippen LogP contribution is -2.44. The van der Waals surface area contributed by atoms with Crippen molar-refractivity contribution in [3.05, 3.63) is 11.7 Å². The van der Waals surface area contributed by atoms with Crippen LogP contribution in [0.2, 0.25) is 0 Å². The van der Waals surface area contributed by atoms with Gasteiger partial charge in [0.2, 0.25) is 5.89 Å². The fraction of sp³-hybridized carbons (Fsp3) is 0.846. The minimum Gasteiger partial charge on any atom is -0.339 e. The molecule has 2 atom stereocenters. The molecule has 2 aliphatic rings. The molecule has 2 fully saturated rings. The van der Waals surface area contributed by atoms with Gasteiger partial charge in [0.1, 0.15) is 0 Å². The van der Waals surface area contributed by atoms with Crippen LogP contribution in [0.25, 0.3) is 0 Å². The molecule has 0 amide bonds. The van der Waals surface area contributed by atoms with Crippen LogP contribution < -0.4 is 5.73 Å². The molecule has 3 rings (SSSR count). The van der Waals surface area contributed by atoms with E-state index in [1.165, 1.54) is 25.7 Å². The Hall–Kier alpha value is -0.900. The lowest BCUT2D eigenvalue weighted by molar-refractivity contribution is 0.228. The van der Waals surface area contributed by atoms with Crippen LogP contribution in [-0.4, -0.2) is 10.1 Å². The van der Waals surface area contributed by atoms with Gasteiger partial charge < -0.3 is 10.3 Å². The van der Waals surface area contributed by atoms with Gasteiger partial charge in [0, 0.05) is 6.42 Å². The zero-order valence-electron chi connectivity index (χ0n) is 10.5. The molecule has 1 aromatic rings. The normalized spacial score (nSPS) is 31.4. The third-order valence-corrected chi connectivity index (χ3v) is 4.43. The summed E-state index contributed by atoms with van der Waals surface area (Å²) in [6, 6.07) is 0. The van der Waals surface area contributed by atoms with Crippen LogP contribution in [0, 0.1) is 11.8 Å². The molecular formula is C13H21N3O. The molecule has 0 aromatic carbocycles. The molecule has 0 radical (unpaired) electrons. The molecule has 2 aliphatic carbocycles. The van der Waals surface area contributed by atoms with Crippen molar-refractivity contribution in [2.24, 2.45) is 17.6 Å². The van der Waals surface area contributed by atoms with Gasteiger partial charge in [-0.3, -0.25) is 0 Å². The minimum atomic E-state index is -0.287. The SMILES string of the molecule is CC1CCC(Cc2nc(C3(N)CCC3)no2)C1. The van der Waals surface area contributed by atoms with Crippen LogP contribution in [-0.2, 0) is 12.0 Å². The van der Waals surface area contributed by atoms with Gasteiger partial charge in [0.15, 0.2) is 5.82 Å². The first-order chi connectivity index (χ1) is 8.16. The number of hydrogen-bond donors (Lipinski definition) is 1. The van der Waals surface area contributed by atoms with Gasteiger partial charge in [0.25, 0.3) is 0 Å². The Morgan fingerprint density at radius 1 is 1.41 bits per heavy atom. The fourth-order valence-electron chi connectivity index (χ4n) is 3.08. The van der Waals surface area contributed by atoms with E-state index in [-0.39, 0.29) is 5.54 Å². The maximum Gasteiger partial charge on any atom is 0.226 e.